The second kappa shape index (κ2) is 9.56. The zero-order chi connectivity index (χ0) is 27.3. The van der Waals surface area contributed by atoms with Crippen molar-refractivity contribution in [3.63, 3.8) is 0 Å². The Kier molecular flexibility index (Phi) is 6.66. The fourth-order valence-corrected chi connectivity index (χ4v) is 5.93. The first kappa shape index (κ1) is 26.5. The van der Waals surface area contributed by atoms with E-state index < -0.39 is 64.5 Å². The van der Waals surface area contributed by atoms with Crippen LogP contribution in [0.4, 0.5) is 30.4 Å². The van der Waals surface area contributed by atoms with Crippen LogP contribution >= 0.6 is 0 Å². The zero-order valence-electron chi connectivity index (χ0n) is 20.4. The van der Waals surface area contributed by atoms with E-state index in [0.717, 1.165) is 42.5 Å². The minimum atomic E-state index is -3.94. The predicted octanol–water partition coefficient (Wildman–Crippen LogP) is 2.72. The lowest BCUT2D eigenvalue weighted by molar-refractivity contribution is -0.107. The zero-order valence-corrected chi connectivity index (χ0v) is 21.2. The largest absolute Gasteiger partial charge is 0.395 e. The van der Waals surface area contributed by atoms with Crippen LogP contribution in [-0.2, 0) is 10.0 Å². The third kappa shape index (κ3) is 5.51. The van der Waals surface area contributed by atoms with E-state index in [0.29, 0.717) is 13.1 Å². The number of aromatic nitrogens is 2. The molecule has 2 aliphatic carbocycles. The molecule has 1 aliphatic heterocycles. The summed E-state index contributed by atoms with van der Waals surface area (Å²) in [5.74, 6) is -5.44. The van der Waals surface area contributed by atoms with Crippen molar-refractivity contribution in [2.75, 3.05) is 40.4 Å². The van der Waals surface area contributed by atoms with Crippen molar-refractivity contribution in [3.05, 3.63) is 46.0 Å². The minimum absolute atomic E-state index is 0.0909. The number of nitrogens with zero attached hydrogens (tertiary/aromatic N) is 3. The first-order chi connectivity index (χ1) is 17.9. The van der Waals surface area contributed by atoms with Crippen LogP contribution in [0.3, 0.4) is 0 Å². The van der Waals surface area contributed by atoms with Gasteiger partial charge in [0.25, 0.3) is 17.4 Å². The Morgan fingerprint density at radius 3 is 2.42 bits per heavy atom. The fraction of sp³-hybridized carbons (Fsp3) is 0.542. The van der Waals surface area contributed by atoms with Gasteiger partial charge in [-0.25, -0.2) is 26.3 Å². The molecule has 3 fully saturated rings. The number of carbonyl (C=O) groups excluding carboxylic acids is 1. The summed E-state index contributed by atoms with van der Waals surface area (Å²) in [4.78, 5) is 27.3. The molecule has 1 aromatic heterocycles. The number of piperidine rings is 1. The highest BCUT2D eigenvalue weighted by molar-refractivity contribution is 7.92. The van der Waals surface area contributed by atoms with Crippen molar-refractivity contribution >= 4 is 33.1 Å². The van der Waals surface area contributed by atoms with Gasteiger partial charge in [0.05, 0.1) is 35.3 Å². The normalized spacial score (nSPS) is 20.2. The lowest BCUT2D eigenvalue weighted by Gasteiger charge is -2.35. The molecule has 0 bridgehead atoms. The predicted molar refractivity (Wildman–Crippen MR) is 134 cm³/mol. The molecule has 1 amide bonds. The number of aliphatic hydroxyl groups is 1. The molecule has 2 aromatic rings. The molecule has 10 nitrogen and oxygen atoms in total. The Hall–Kier alpha value is -3.13. The van der Waals surface area contributed by atoms with Crippen molar-refractivity contribution < 1.29 is 31.5 Å². The number of alkyl halides is 2. The summed E-state index contributed by atoms with van der Waals surface area (Å²) >= 11 is 0. The Balaban J connectivity index is 1.44. The highest BCUT2D eigenvalue weighted by atomic mass is 32.2. The van der Waals surface area contributed by atoms with Crippen LogP contribution in [0.1, 0.15) is 54.9 Å². The van der Waals surface area contributed by atoms with E-state index >= 15 is 4.39 Å². The lowest BCUT2D eigenvalue weighted by Crippen LogP contribution is -2.42. The first-order valence-electron chi connectivity index (χ1n) is 12.4. The molecule has 1 saturated heterocycles. The summed E-state index contributed by atoms with van der Waals surface area (Å²) in [7, 11) is -3.94. The van der Waals surface area contributed by atoms with E-state index in [4.69, 9.17) is 5.11 Å². The van der Waals surface area contributed by atoms with Gasteiger partial charge in [0.15, 0.2) is 5.82 Å². The molecular weight excluding hydrogens is 527 g/mol. The molecule has 2 heterocycles. The SMILES string of the molecule is O=C(Nc1ccc(=O)n(C2CC(F)(F)C2)n1)c1c(F)cc(NS(=O)(=O)CCO)cc1N1CCC2(CC1)CC2. The van der Waals surface area contributed by atoms with Gasteiger partial charge in [0.1, 0.15) is 5.82 Å². The number of rotatable bonds is 8. The lowest BCUT2D eigenvalue weighted by atomic mass is 9.88. The highest BCUT2D eigenvalue weighted by Gasteiger charge is 2.47. The number of amides is 1. The average Bonchev–Trinajstić information content (AvgIpc) is 3.57. The van der Waals surface area contributed by atoms with Gasteiger partial charge >= 0.3 is 0 Å². The van der Waals surface area contributed by atoms with Gasteiger partial charge in [-0.05, 0) is 49.3 Å². The number of sulfonamides is 1. The third-order valence-corrected chi connectivity index (χ3v) is 8.80. The molecular formula is C24H28F3N5O5S. The van der Waals surface area contributed by atoms with Crippen LogP contribution in [0.5, 0.6) is 0 Å². The van der Waals surface area contributed by atoms with E-state index in [1.165, 1.54) is 12.1 Å². The third-order valence-electron chi connectivity index (χ3n) is 7.53. The van der Waals surface area contributed by atoms with Gasteiger partial charge < -0.3 is 15.3 Å². The summed E-state index contributed by atoms with van der Waals surface area (Å²) in [5, 5.41) is 15.5. The summed E-state index contributed by atoms with van der Waals surface area (Å²) < 4.78 is 69.5. The average molecular weight is 556 g/mol. The van der Waals surface area contributed by atoms with E-state index in [1.54, 1.807) is 0 Å². The Morgan fingerprint density at radius 2 is 1.82 bits per heavy atom. The maximum absolute atomic E-state index is 15.4. The monoisotopic (exact) mass is 555 g/mol. The molecule has 3 N–H and O–H groups in total. The number of nitrogens with one attached hydrogen (secondary N) is 2. The van der Waals surface area contributed by atoms with Crippen molar-refractivity contribution in [1.82, 2.24) is 9.78 Å². The molecule has 1 spiro atoms. The molecule has 0 unspecified atom stereocenters. The number of anilines is 3. The molecule has 5 rings (SSSR count). The molecule has 3 aliphatic rings. The molecule has 14 heteroatoms. The van der Waals surface area contributed by atoms with Gasteiger partial charge in [0.2, 0.25) is 10.0 Å². The first-order valence-corrected chi connectivity index (χ1v) is 14.0. The molecule has 0 radical (unpaired) electrons. The number of halogens is 3. The summed E-state index contributed by atoms with van der Waals surface area (Å²) in [5.41, 5.74) is -0.555. The van der Waals surface area contributed by atoms with Crippen LogP contribution in [-0.4, -0.2) is 60.6 Å². The molecule has 206 valence electrons. The van der Waals surface area contributed by atoms with E-state index in [-0.39, 0.29) is 28.2 Å². The summed E-state index contributed by atoms with van der Waals surface area (Å²) in [6.07, 6.45) is 2.87. The number of hydrogen-bond donors (Lipinski definition) is 3. The van der Waals surface area contributed by atoms with Crippen LogP contribution < -0.4 is 20.5 Å². The second-order valence-electron chi connectivity index (χ2n) is 10.4. The Morgan fingerprint density at radius 1 is 1.13 bits per heavy atom. The van der Waals surface area contributed by atoms with Gasteiger partial charge in [-0.1, -0.05) is 0 Å². The van der Waals surface area contributed by atoms with Gasteiger partial charge in [-0.3, -0.25) is 14.3 Å². The van der Waals surface area contributed by atoms with Crippen molar-refractivity contribution in [2.24, 2.45) is 5.41 Å². The molecule has 38 heavy (non-hydrogen) atoms. The second-order valence-corrected chi connectivity index (χ2v) is 12.2. The van der Waals surface area contributed by atoms with Gasteiger partial charge in [-0.2, -0.15) is 5.10 Å². The number of aliphatic hydroxyl groups excluding tert-OH is 1. The van der Waals surface area contributed by atoms with Crippen LogP contribution in [0.25, 0.3) is 0 Å². The van der Waals surface area contributed by atoms with Crippen LogP contribution in [0.15, 0.2) is 29.1 Å². The maximum Gasteiger partial charge on any atom is 0.267 e. The number of carbonyl (C=O) groups is 1. The summed E-state index contributed by atoms with van der Waals surface area (Å²) in [6.45, 7) is 0.476. The topological polar surface area (TPSA) is 134 Å². The summed E-state index contributed by atoms with van der Waals surface area (Å²) in [6, 6.07) is 3.75. The van der Waals surface area contributed by atoms with Gasteiger partial charge in [-0.15, -0.1) is 0 Å². The fourth-order valence-electron chi connectivity index (χ4n) is 5.11. The standard InChI is InChI=1S/C24H28F3N5O5S/c25-17-11-15(30-38(36,37)10-9-33)12-18(31-7-5-23(3-4-23)6-8-31)21(17)22(35)28-19-1-2-20(34)32(29-19)16-13-24(26,27)14-16/h1-2,11-12,16,30,33H,3-10,13-14H2,(H,28,29,35). The quantitative estimate of drug-likeness (QED) is 0.456. The Labute approximate surface area is 216 Å². The number of benzene rings is 1. The van der Waals surface area contributed by atoms with Crippen molar-refractivity contribution in [1.29, 1.82) is 0 Å². The highest BCUT2D eigenvalue weighted by Crippen LogP contribution is 2.54. The van der Waals surface area contributed by atoms with Crippen molar-refractivity contribution in [2.45, 2.75) is 50.5 Å². The molecule has 1 aromatic carbocycles. The smallest absolute Gasteiger partial charge is 0.267 e. The maximum atomic E-state index is 15.4. The molecule has 0 atom stereocenters. The van der Waals surface area contributed by atoms with E-state index in [9.17, 15) is 26.8 Å². The van der Waals surface area contributed by atoms with Gasteiger partial charge in [0, 0.05) is 32.0 Å². The van der Waals surface area contributed by atoms with Crippen LogP contribution in [0, 0.1) is 11.2 Å². The van der Waals surface area contributed by atoms with Crippen LogP contribution in [0.2, 0.25) is 0 Å². The Bertz CT molecular complexity index is 1410. The number of hydrogen-bond acceptors (Lipinski definition) is 7. The molecule has 2 saturated carbocycles. The minimum Gasteiger partial charge on any atom is -0.395 e. The van der Waals surface area contributed by atoms with E-state index in [1.807, 2.05) is 4.90 Å². The van der Waals surface area contributed by atoms with Crippen molar-refractivity contribution in [3.8, 4) is 0 Å². The van der Waals surface area contributed by atoms with E-state index in [2.05, 4.69) is 15.1 Å².